The minimum atomic E-state index is 0.664. The van der Waals surface area contributed by atoms with Crippen LogP contribution in [0.15, 0.2) is 170 Å². The number of benzene rings is 6. The van der Waals surface area contributed by atoms with Gasteiger partial charge in [-0.15, -0.1) is 10.2 Å². The number of para-hydroxylation sites is 3. The van der Waals surface area contributed by atoms with Gasteiger partial charge in [0.25, 0.3) is 0 Å². The van der Waals surface area contributed by atoms with Gasteiger partial charge in [0.05, 0.1) is 28.1 Å². The first-order valence-corrected chi connectivity index (χ1v) is 15.9. The third kappa shape index (κ3) is 4.75. The van der Waals surface area contributed by atoms with Crippen molar-refractivity contribution in [3.05, 3.63) is 170 Å². The van der Waals surface area contributed by atoms with Gasteiger partial charge >= 0.3 is 0 Å². The molecule has 6 aromatic carbocycles. The Bertz CT molecular complexity index is 2420. The zero-order valence-electron chi connectivity index (χ0n) is 25.8. The summed E-state index contributed by atoms with van der Waals surface area (Å²) in [5.74, 6) is 2.13. The van der Waals surface area contributed by atoms with E-state index in [4.69, 9.17) is 20.2 Å². The van der Waals surface area contributed by atoms with Crippen LogP contribution in [-0.4, -0.2) is 29.3 Å². The Hall–Kier alpha value is -6.66. The van der Waals surface area contributed by atoms with Crippen molar-refractivity contribution >= 4 is 21.8 Å². The van der Waals surface area contributed by atoms with Crippen LogP contribution >= 0.6 is 0 Å². The predicted octanol–water partition coefficient (Wildman–Crippen LogP) is 9.82. The van der Waals surface area contributed by atoms with Crippen LogP contribution < -0.4 is 0 Å². The van der Waals surface area contributed by atoms with E-state index in [2.05, 4.69) is 124 Å². The summed E-state index contributed by atoms with van der Waals surface area (Å²) in [5.41, 5.74) is 8.83. The molecule has 0 saturated heterocycles. The third-order valence-electron chi connectivity index (χ3n) is 8.71. The molecule has 0 amide bonds. The van der Waals surface area contributed by atoms with E-state index < -0.39 is 0 Å². The first kappa shape index (κ1) is 27.6. The Morgan fingerprint density at radius 3 is 1.42 bits per heavy atom. The number of aromatic nitrogens is 6. The van der Waals surface area contributed by atoms with Gasteiger partial charge in [0.1, 0.15) is 0 Å². The lowest BCUT2D eigenvalue weighted by atomic mass is 10.1. The molecule has 3 heterocycles. The van der Waals surface area contributed by atoms with Crippen molar-refractivity contribution in [3.63, 3.8) is 0 Å². The van der Waals surface area contributed by atoms with Crippen LogP contribution in [0.1, 0.15) is 0 Å². The zero-order valence-corrected chi connectivity index (χ0v) is 25.8. The second kappa shape index (κ2) is 11.6. The summed E-state index contributed by atoms with van der Waals surface area (Å²) < 4.78 is 4.34. The van der Waals surface area contributed by atoms with Gasteiger partial charge in [-0.1, -0.05) is 140 Å². The monoisotopic (exact) mass is 616 g/mol. The first-order chi connectivity index (χ1) is 23.8. The molecule has 0 spiro atoms. The van der Waals surface area contributed by atoms with Gasteiger partial charge in [-0.25, -0.2) is 9.97 Å². The molecule has 0 aliphatic heterocycles. The van der Waals surface area contributed by atoms with Crippen molar-refractivity contribution in [3.8, 4) is 56.9 Å². The predicted molar refractivity (Wildman–Crippen MR) is 193 cm³/mol. The van der Waals surface area contributed by atoms with E-state index in [1.165, 1.54) is 10.8 Å². The minimum absolute atomic E-state index is 0.664. The summed E-state index contributed by atoms with van der Waals surface area (Å²) in [5, 5.41) is 12.0. The summed E-state index contributed by atoms with van der Waals surface area (Å²) in [6, 6.07) is 58.0. The molecule has 0 atom stereocenters. The maximum atomic E-state index is 5.02. The Morgan fingerprint density at radius 2 is 0.854 bits per heavy atom. The standard InChI is InChI=1S/C42H28N6/c1-4-14-29(15-5-1)36-28-37(30-16-6-2-7-17-30)44-40(43-36)31-24-26-32(27-25-31)41-45-46-42(47(41)33-18-8-3-9-19-33)48-38-22-12-10-20-34(38)35-21-11-13-23-39(35)48/h1-28H. The number of nitrogens with zero attached hydrogens (tertiary/aromatic N) is 6. The maximum Gasteiger partial charge on any atom is 0.241 e. The lowest BCUT2D eigenvalue weighted by Crippen LogP contribution is -2.06. The van der Waals surface area contributed by atoms with Crippen molar-refractivity contribution in [2.24, 2.45) is 0 Å². The number of hydrogen-bond donors (Lipinski definition) is 0. The molecule has 0 fully saturated rings. The van der Waals surface area contributed by atoms with E-state index in [0.717, 1.165) is 62.1 Å². The van der Waals surface area contributed by atoms with Crippen LogP contribution in [0.25, 0.3) is 78.7 Å². The molecule has 0 aliphatic rings. The molecular weight excluding hydrogens is 589 g/mol. The summed E-state index contributed by atoms with van der Waals surface area (Å²) >= 11 is 0. The van der Waals surface area contributed by atoms with Gasteiger partial charge in [0.2, 0.25) is 5.95 Å². The van der Waals surface area contributed by atoms with Gasteiger partial charge in [0, 0.05) is 33.0 Å². The highest BCUT2D eigenvalue weighted by molar-refractivity contribution is 6.09. The fourth-order valence-corrected chi connectivity index (χ4v) is 6.42. The van der Waals surface area contributed by atoms with Gasteiger partial charge in [-0.05, 0) is 30.3 Å². The van der Waals surface area contributed by atoms with Gasteiger partial charge in [-0.3, -0.25) is 9.13 Å². The van der Waals surface area contributed by atoms with Crippen molar-refractivity contribution in [2.45, 2.75) is 0 Å². The van der Waals surface area contributed by atoms with E-state index in [0.29, 0.717) is 5.82 Å². The highest BCUT2D eigenvalue weighted by Crippen LogP contribution is 2.34. The van der Waals surface area contributed by atoms with Crippen LogP contribution in [0.5, 0.6) is 0 Å². The normalized spacial score (nSPS) is 11.3. The van der Waals surface area contributed by atoms with Crippen LogP contribution in [0.3, 0.4) is 0 Å². The summed E-state index contributed by atoms with van der Waals surface area (Å²) in [4.78, 5) is 10.0. The van der Waals surface area contributed by atoms with Crippen LogP contribution in [0.2, 0.25) is 0 Å². The average Bonchev–Trinajstić information content (AvgIpc) is 3.75. The highest BCUT2D eigenvalue weighted by Gasteiger charge is 2.21. The highest BCUT2D eigenvalue weighted by atomic mass is 15.4. The van der Waals surface area contributed by atoms with E-state index in [9.17, 15) is 0 Å². The second-order valence-corrected chi connectivity index (χ2v) is 11.6. The van der Waals surface area contributed by atoms with E-state index >= 15 is 0 Å². The molecular formula is C42H28N6. The number of hydrogen-bond acceptors (Lipinski definition) is 4. The molecule has 0 unspecified atom stereocenters. The second-order valence-electron chi connectivity index (χ2n) is 11.6. The topological polar surface area (TPSA) is 61.4 Å². The summed E-state index contributed by atoms with van der Waals surface area (Å²) in [6.07, 6.45) is 0. The quantitative estimate of drug-likeness (QED) is 0.187. The number of fused-ring (bicyclic) bond motifs is 3. The van der Waals surface area contributed by atoms with Crippen molar-refractivity contribution in [1.82, 2.24) is 29.3 Å². The van der Waals surface area contributed by atoms with Crippen LogP contribution in [0, 0.1) is 0 Å². The summed E-state index contributed by atoms with van der Waals surface area (Å²) in [7, 11) is 0. The number of rotatable bonds is 6. The molecule has 9 rings (SSSR count). The van der Waals surface area contributed by atoms with Crippen LogP contribution in [0.4, 0.5) is 0 Å². The largest absolute Gasteiger partial charge is 0.278 e. The SMILES string of the molecule is c1ccc(-c2cc(-c3ccccc3)nc(-c3ccc(-c4nnc(-n5c6ccccc6c6ccccc65)n4-c4ccccc4)cc3)n2)cc1. The third-order valence-corrected chi connectivity index (χ3v) is 8.71. The molecule has 3 aromatic heterocycles. The van der Waals surface area contributed by atoms with Crippen LogP contribution in [-0.2, 0) is 0 Å². The summed E-state index contributed by atoms with van der Waals surface area (Å²) in [6.45, 7) is 0. The molecule has 0 N–H and O–H groups in total. The molecule has 0 saturated carbocycles. The van der Waals surface area contributed by atoms with E-state index in [1.54, 1.807) is 0 Å². The molecule has 226 valence electrons. The molecule has 6 heteroatoms. The van der Waals surface area contributed by atoms with Gasteiger partial charge in [-0.2, -0.15) is 0 Å². The first-order valence-electron chi connectivity index (χ1n) is 15.9. The maximum absolute atomic E-state index is 5.02. The van der Waals surface area contributed by atoms with E-state index in [-0.39, 0.29) is 0 Å². The molecule has 9 aromatic rings. The van der Waals surface area contributed by atoms with Crippen molar-refractivity contribution < 1.29 is 0 Å². The van der Waals surface area contributed by atoms with Crippen molar-refractivity contribution in [1.29, 1.82) is 0 Å². The molecule has 48 heavy (non-hydrogen) atoms. The Balaban J connectivity index is 1.19. The zero-order chi connectivity index (χ0) is 31.9. The molecule has 0 radical (unpaired) electrons. The smallest absolute Gasteiger partial charge is 0.241 e. The molecule has 0 bridgehead atoms. The Kier molecular flexibility index (Phi) is 6.68. The van der Waals surface area contributed by atoms with E-state index in [1.807, 2.05) is 54.6 Å². The lowest BCUT2D eigenvalue weighted by molar-refractivity contribution is 0.933. The molecule has 6 nitrogen and oxygen atoms in total. The van der Waals surface area contributed by atoms with Crippen molar-refractivity contribution in [2.75, 3.05) is 0 Å². The fourth-order valence-electron chi connectivity index (χ4n) is 6.42. The lowest BCUT2D eigenvalue weighted by Gasteiger charge is -2.13. The average molecular weight is 617 g/mol. The minimum Gasteiger partial charge on any atom is -0.278 e. The Labute approximate surface area is 277 Å². The fraction of sp³-hybridized carbons (Fsp3) is 0. The molecule has 0 aliphatic carbocycles. The van der Waals surface area contributed by atoms with Gasteiger partial charge in [0.15, 0.2) is 11.6 Å². The Morgan fingerprint density at radius 1 is 0.375 bits per heavy atom. The van der Waals surface area contributed by atoms with Gasteiger partial charge < -0.3 is 0 Å².